The van der Waals surface area contributed by atoms with Crippen LogP contribution in [0.3, 0.4) is 0 Å². The average Bonchev–Trinajstić information content (AvgIpc) is 2.90. The van der Waals surface area contributed by atoms with E-state index in [0.29, 0.717) is 0 Å². The normalized spacial score (nSPS) is 19.4. The molecule has 4 rings (SSSR count). The molecule has 2 heterocycles. The number of likely N-dealkylation sites (tertiary alicyclic amines) is 1. The number of hydrogen-bond donors (Lipinski definition) is 1. The number of benzene rings is 2. The van der Waals surface area contributed by atoms with Crippen molar-refractivity contribution in [2.45, 2.75) is 18.3 Å². The first-order valence-electron chi connectivity index (χ1n) is 9.02. The van der Waals surface area contributed by atoms with Crippen LogP contribution >= 0.6 is 23.2 Å². The van der Waals surface area contributed by atoms with Gasteiger partial charge < -0.3 is 5.01 Å². The van der Waals surface area contributed by atoms with Gasteiger partial charge in [-0.1, -0.05) is 47.5 Å². The molecule has 5 heteroatoms. The Morgan fingerprint density at radius 2 is 1.69 bits per heavy atom. The van der Waals surface area contributed by atoms with Crippen molar-refractivity contribution in [1.29, 1.82) is 0 Å². The lowest BCUT2D eigenvalue weighted by atomic mass is 9.74. The molecule has 2 aromatic carbocycles. The second kappa shape index (κ2) is 7.24. The monoisotopic (exact) mass is 387 g/mol. The minimum absolute atomic E-state index is 0.144. The first-order chi connectivity index (χ1) is 12.6. The molecule has 2 aliphatic heterocycles. The van der Waals surface area contributed by atoms with Gasteiger partial charge in [-0.05, 0) is 67.4 Å². The first kappa shape index (κ1) is 17.9. The fourth-order valence-corrected chi connectivity index (χ4v) is 4.48. The van der Waals surface area contributed by atoms with Crippen molar-refractivity contribution in [2.75, 3.05) is 31.2 Å². The van der Waals surface area contributed by atoms with Gasteiger partial charge in [-0.15, -0.1) is 0 Å². The van der Waals surface area contributed by atoms with Crippen LogP contribution in [0.25, 0.3) is 6.08 Å². The van der Waals surface area contributed by atoms with Crippen LogP contribution in [0.1, 0.15) is 24.0 Å². The summed E-state index contributed by atoms with van der Waals surface area (Å²) in [5.41, 5.74) is 3.78. The number of halogens is 2. The van der Waals surface area contributed by atoms with Crippen molar-refractivity contribution in [3.8, 4) is 0 Å². The predicted octanol–water partition coefficient (Wildman–Crippen LogP) is 4.73. The molecule has 136 valence electrons. The molecule has 0 radical (unpaired) electrons. The highest BCUT2D eigenvalue weighted by molar-refractivity contribution is 6.31. The van der Waals surface area contributed by atoms with E-state index in [4.69, 9.17) is 29.0 Å². The zero-order valence-electron chi connectivity index (χ0n) is 14.7. The van der Waals surface area contributed by atoms with Crippen molar-refractivity contribution >= 4 is 35.0 Å². The van der Waals surface area contributed by atoms with E-state index in [0.717, 1.165) is 54.8 Å². The molecule has 2 aliphatic rings. The summed E-state index contributed by atoms with van der Waals surface area (Å²) < 4.78 is 0. The molecule has 0 bridgehead atoms. The van der Waals surface area contributed by atoms with Crippen molar-refractivity contribution in [3.05, 3.63) is 69.7 Å². The summed E-state index contributed by atoms with van der Waals surface area (Å²) in [6, 6.07) is 14.0. The van der Waals surface area contributed by atoms with E-state index < -0.39 is 0 Å². The molecule has 0 atom stereocenters. The third-order valence-electron chi connectivity index (χ3n) is 5.67. The molecule has 0 unspecified atom stereocenters. The molecule has 0 amide bonds. The Balaban J connectivity index is 1.39. The number of nitrogens with zero attached hydrogens (tertiary/aromatic N) is 2. The van der Waals surface area contributed by atoms with Gasteiger partial charge in [0.1, 0.15) is 0 Å². The summed E-state index contributed by atoms with van der Waals surface area (Å²) in [5, 5.41) is 3.46. The standard InChI is InChI=1S/C21H23Cl2N3/c22-17-5-3-16(4-6-17)2-1-11-25-12-9-21(10-13-25)15-26(24)20-8-7-18(23)14-19(20)21/h1-8,14H,9-13,15,24H2/b2-1+. The quantitative estimate of drug-likeness (QED) is 0.772. The van der Waals surface area contributed by atoms with Gasteiger partial charge in [0, 0.05) is 28.5 Å². The van der Waals surface area contributed by atoms with E-state index in [1.807, 2.05) is 41.4 Å². The highest BCUT2D eigenvalue weighted by Gasteiger charge is 2.43. The van der Waals surface area contributed by atoms with E-state index in [9.17, 15) is 0 Å². The fourth-order valence-electron chi connectivity index (χ4n) is 4.18. The molecule has 0 aliphatic carbocycles. The third kappa shape index (κ3) is 3.49. The van der Waals surface area contributed by atoms with Gasteiger partial charge in [0.15, 0.2) is 0 Å². The molecule has 0 saturated carbocycles. The van der Waals surface area contributed by atoms with Crippen LogP contribution in [0.15, 0.2) is 48.5 Å². The number of hydrogen-bond acceptors (Lipinski definition) is 3. The first-order valence-corrected chi connectivity index (χ1v) is 9.78. The smallest absolute Gasteiger partial charge is 0.0556 e. The maximum Gasteiger partial charge on any atom is 0.0556 e. The Kier molecular flexibility index (Phi) is 4.98. The summed E-state index contributed by atoms with van der Waals surface area (Å²) in [7, 11) is 0. The number of hydrazine groups is 1. The molecule has 3 nitrogen and oxygen atoms in total. The molecule has 1 fully saturated rings. The highest BCUT2D eigenvalue weighted by atomic mass is 35.5. The van der Waals surface area contributed by atoms with Crippen molar-refractivity contribution in [2.24, 2.45) is 5.84 Å². The van der Waals surface area contributed by atoms with Crippen LogP contribution in [-0.2, 0) is 5.41 Å². The molecular weight excluding hydrogens is 365 g/mol. The number of fused-ring (bicyclic) bond motifs is 2. The second-order valence-corrected chi connectivity index (χ2v) is 8.20. The van der Waals surface area contributed by atoms with E-state index in [1.165, 1.54) is 11.1 Å². The molecule has 2 N–H and O–H groups in total. The van der Waals surface area contributed by atoms with Gasteiger partial charge >= 0.3 is 0 Å². The summed E-state index contributed by atoms with van der Waals surface area (Å²) in [6.07, 6.45) is 6.62. The van der Waals surface area contributed by atoms with Crippen LogP contribution in [0.4, 0.5) is 5.69 Å². The SMILES string of the molecule is NN1CC2(CCN(C/C=C/c3ccc(Cl)cc3)CC2)c2cc(Cl)ccc21. The van der Waals surface area contributed by atoms with Gasteiger partial charge in [0.2, 0.25) is 0 Å². The van der Waals surface area contributed by atoms with Crippen molar-refractivity contribution in [1.82, 2.24) is 4.90 Å². The van der Waals surface area contributed by atoms with E-state index >= 15 is 0 Å². The Hall–Kier alpha value is -1.52. The molecular formula is C21H23Cl2N3. The molecule has 26 heavy (non-hydrogen) atoms. The maximum atomic E-state index is 6.25. The molecule has 1 spiro atoms. The summed E-state index contributed by atoms with van der Waals surface area (Å²) in [5.74, 6) is 6.25. The lowest BCUT2D eigenvalue weighted by Crippen LogP contribution is -2.46. The number of nitrogens with two attached hydrogens (primary N) is 1. The number of piperidine rings is 1. The topological polar surface area (TPSA) is 32.5 Å². The van der Waals surface area contributed by atoms with E-state index in [-0.39, 0.29) is 5.41 Å². The Morgan fingerprint density at radius 1 is 1.00 bits per heavy atom. The van der Waals surface area contributed by atoms with Gasteiger partial charge in [0.25, 0.3) is 0 Å². The zero-order chi connectivity index (χ0) is 18.1. The predicted molar refractivity (Wildman–Crippen MR) is 111 cm³/mol. The van der Waals surface area contributed by atoms with Gasteiger partial charge in [-0.2, -0.15) is 0 Å². The Morgan fingerprint density at radius 3 is 2.42 bits per heavy atom. The summed E-state index contributed by atoms with van der Waals surface area (Å²) >= 11 is 12.2. The molecule has 0 aromatic heterocycles. The third-order valence-corrected chi connectivity index (χ3v) is 6.16. The van der Waals surface area contributed by atoms with Gasteiger partial charge in [-0.25, -0.2) is 5.84 Å². The lowest BCUT2D eigenvalue weighted by molar-refractivity contribution is 0.180. The minimum atomic E-state index is 0.144. The lowest BCUT2D eigenvalue weighted by Gasteiger charge is -2.39. The largest absolute Gasteiger partial charge is 0.310 e. The summed E-state index contributed by atoms with van der Waals surface area (Å²) in [6.45, 7) is 4.00. The van der Waals surface area contributed by atoms with Crippen LogP contribution in [0.5, 0.6) is 0 Å². The second-order valence-electron chi connectivity index (χ2n) is 7.32. The number of rotatable bonds is 3. The minimum Gasteiger partial charge on any atom is -0.310 e. The Bertz CT molecular complexity index is 809. The fraction of sp³-hybridized carbons (Fsp3) is 0.333. The van der Waals surface area contributed by atoms with Crippen LogP contribution < -0.4 is 10.9 Å². The van der Waals surface area contributed by atoms with Crippen LogP contribution in [0, 0.1) is 0 Å². The van der Waals surface area contributed by atoms with Crippen LogP contribution in [-0.4, -0.2) is 31.1 Å². The Labute approximate surface area is 165 Å². The van der Waals surface area contributed by atoms with Crippen LogP contribution in [0.2, 0.25) is 10.0 Å². The molecule has 1 saturated heterocycles. The number of anilines is 1. The van der Waals surface area contributed by atoms with Crippen molar-refractivity contribution < 1.29 is 0 Å². The van der Waals surface area contributed by atoms with Crippen molar-refractivity contribution in [3.63, 3.8) is 0 Å². The van der Waals surface area contributed by atoms with Gasteiger partial charge in [-0.3, -0.25) is 4.90 Å². The van der Waals surface area contributed by atoms with Gasteiger partial charge in [0.05, 0.1) is 5.69 Å². The highest BCUT2D eigenvalue weighted by Crippen LogP contribution is 2.46. The zero-order valence-corrected chi connectivity index (χ0v) is 16.2. The summed E-state index contributed by atoms with van der Waals surface area (Å²) in [4.78, 5) is 2.50. The maximum absolute atomic E-state index is 6.25. The van der Waals surface area contributed by atoms with E-state index in [2.05, 4.69) is 23.1 Å². The molecule has 2 aromatic rings. The van der Waals surface area contributed by atoms with E-state index in [1.54, 1.807) is 0 Å². The average molecular weight is 388 g/mol.